The van der Waals surface area contributed by atoms with Gasteiger partial charge in [-0.2, -0.15) is 0 Å². The highest BCUT2D eigenvalue weighted by molar-refractivity contribution is 7.94. The summed E-state index contributed by atoms with van der Waals surface area (Å²) in [5.41, 5.74) is 6.79. The van der Waals surface area contributed by atoms with Crippen molar-refractivity contribution in [2.75, 3.05) is 12.4 Å². The van der Waals surface area contributed by atoms with E-state index < -0.39 is 26.1 Å². The Bertz CT molecular complexity index is 572. The van der Waals surface area contributed by atoms with Gasteiger partial charge in [0.1, 0.15) is 0 Å². The number of esters is 1. The van der Waals surface area contributed by atoms with E-state index in [1.54, 1.807) is 6.92 Å². The minimum absolute atomic E-state index is 0.0696. The number of halogens is 1. The zero-order chi connectivity index (χ0) is 16.1. The number of nitrogens with two attached hydrogens (primary N) is 1. The van der Waals surface area contributed by atoms with Crippen LogP contribution in [0.5, 0.6) is 0 Å². The summed E-state index contributed by atoms with van der Waals surface area (Å²) in [5.74, 6) is -1.25. The number of rotatable bonds is 7. The second kappa shape index (κ2) is 7.24. The molecule has 2 unspecified atom stereocenters. The van der Waals surface area contributed by atoms with E-state index >= 15 is 0 Å². The molecule has 2 N–H and O–H groups in total. The highest BCUT2D eigenvalue weighted by atomic mass is 35.5. The zero-order valence-corrected chi connectivity index (χ0v) is 13.7. The van der Waals surface area contributed by atoms with Gasteiger partial charge in [-0.05, 0) is 25.8 Å². The third-order valence-corrected chi connectivity index (χ3v) is 6.12. The number of carbonyl (C=O) groups is 1. The van der Waals surface area contributed by atoms with Crippen LogP contribution in [-0.4, -0.2) is 31.0 Å². The molecule has 5 nitrogen and oxygen atoms in total. The van der Waals surface area contributed by atoms with Crippen molar-refractivity contribution in [3.05, 3.63) is 35.9 Å². The molecule has 0 saturated heterocycles. The van der Waals surface area contributed by atoms with Crippen molar-refractivity contribution in [2.45, 2.75) is 30.5 Å². The van der Waals surface area contributed by atoms with E-state index in [1.807, 2.05) is 30.3 Å². The van der Waals surface area contributed by atoms with Gasteiger partial charge in [-0.25, -0.2) is 13.2 Å². The van der Waals surface area contributed by atoms with Gasteiger partial charge in [-0.1, -0.05) is 41.9 Å². The molecule has 0 aliphatic carbocycles. The summed E-state index contributed by atoms with van der Waals surface area (Å²) in [5, 5.41) is 0. The van der Waals surface area contributed by atoms with E-state index in [0.717, 1.165) is 12.5 Å². The predicted octanol–water partition coefficient (Wildman–Crippen LogP) is 2.01. The van der Waals surface area contributed by atoms with Gasteiger partial charge in [0.25, 0.3) is 0 Å². The standard InChI is InChI=1S/C14H20ClNO4S/c1-3-20-13(17)14(2,15)21(18,19)10-9-12(16)11-7-5-4-6-8-11/h4-8,12H,3,9-10,16H2,1-2H3. The van der Waals surface area contributed by atoms with Gasteiger partial charge >= 0.3 is 5.97 Å². The average Bonchev–Trinajstić information content (AvgIpc) is 2.45. The first kappa shape index (κ1) is 17.9. The quantitative estimate of drug-likeness (QED) is 0.609. The SMILES string of the molecule is CCOC(=O)C(C)(Cl)S(=O)(=O)CCC(N)c1ccccc1. The van der Waals surface area contributed by atoms with Crippen LogP contribution in [0.25, 0.3) is 0 Å². The summed E-state index contributed by atoms with van der Waals surface area (Å²) in [6.07, 6.45) is 0.175. The first-order valence-corrected chi connectivity index (χ1v) is 8.64. The highest BCUT2D eigenvalue weighted by Gasteiger charge is 2.45. The molecule has 0 saturated carbocycles. The Labute approximate surface area is 130 Å². The molecule has 0 heterocycles. The summed E-state index contributed by atoms with van der Waals surface area (Å²) >= 11 is 5.88. The van der Waals surface area contributed by atoms with E-state index in [4.69, 9.17) is 22.1 Å². The van der Waals surface area contributed by atoms with Crippen molar-refractivity contribution in [3.8, 4) is 0 Å². The molecule has 118 valence electrons. The summed E-state index contributed by atoms with van der Waals surface area (Å²) in [7, 11) is -3.87. The van der Waals surface area contributed by atoms with Crippen LogP contribution in [0.3, 0.4) is 0 Å². The molecule has 0 aliphatic heterocycles. The minimum Gasteiger partial charge on any atom is -0.464 e. The minimum atomic E-state index is -3.87. The molecule has 1 aromatic carbocycles. The molecule has 1 rings (SSSR count). The molecule has 0 bridgehead atoms. The van der Waals surface area contributed by atoms with E-state index in [2.05, 4.69) is 0 Å². The van der Waals surface area contributed by atoms with Gasteiger partial charge in [0, 0.05) is 6.04 Å². The van der Waals surface area contributed by atoms with Crippen molar-refractivity contribution < 1.29 is 17.9 Å². The van der Waals surface area contributed by atoms with Gasteiger partial charge in [0.2, 0.25) is 4.21 Å². The van der Waals surface area contributed by atoms with Gasteiger partial charge in [-0.3, -0.25) is 0 Å². The van der Waals surface area contributed by atoms with Crippen LogP contribution >= 0.6 is 11.6 Å². The Balaban J connectivity index is 2.75. The van der Waals surface area contributed by atoms with Gasteiger partial charge in [-0.15, -0.1) is 0 Å². The zero-order valence-electron chi connectivity index (χ0n) is 12.1. The second-order valence-electron chi connectivity index (χ2n) is 4.76. The predicted molar refractivity (Wildman–Crippen MR) is 82.7 cm³/mol. The van der Waals surface area contributed by atoms with Gasteiger partial charge in [0.05, 0.1) is 12.4 Å². The van der Waals surface area contributed by atoms with Crippen LogP contribution < -0.4 is 5.73 Å². The lowest BCUT2D eigenvalue weighted by Crippen LogP contribution is -2.41. The smallest absolute Gasteiger partial charge is 0.342 e. The van der Waals surface area contributed by atoms with Crippen LogP contribution in [0.4, 0.5) is 0 Å². The van der Waals surface area contributed by atoms with Crippen molar-refractivity contribution in [2.24, 2.45) is 5.73 Å². The fourth-order valence-electron chi connectivity index (χ4n) is 1.73. The summed E-state index contributed by atoms with van der Waals surface area (Å²) in [6.45, 7) is 2.79. The van der Waals surface area contributed by atoms with Gasteiger partial charge in [0.15, 0.2) is 9.84 Å². The molecule has 0 amide bonds. The first-order chi connectivity index (χ1) is 9.72. The monoisotopic (exact) mass is 333 g/mol. The maximum Gasteiger partial charge on any atom is 0.342 e. The molecular formula is C14H20ClNO4S. The lowest BCUT2D eigenvalue weighted by molar-refractivity contribution is -0.143. The number of carbonyl (C=O) groups excluding carboxylic acids is 1. The van der Waals surface area contributed by atoms with Crippen LogP contribution in [0.2, 0.25) is 0 Å². The van der Waals surface area contributed by atoms with Crippen molar-refractivity contribution in [3.63, 3.8) is 0 Å². The molecule has 21 heavy (non-hydrogen) atoms. The third kappa shape index (κ3) is 4.43. The summed E-state index contributed by atoms with van der Waals surface area (Å²) in [4.78, 5) is 11.7. The Morgan fingerprint density at radius 2 is 1.95 bits per heavy atom. The fraction of sp³-hybridized carbons (Fsp3) is 0.500. The van der Waals surface area contributed by atoms with E-state index in [9.17, 15) is 13.2 Å². The second-order valence-corrected chi connectivity index (χ2v) is 8.20. The summed E-state index contributed by atoms with van der Waals surface area (Å²) in [6, 6.07) is 8.71. The Morgan fingerprint density at radius 1 is 1.38 bits per heavy atom. The number of ether oxygens (including phenoxy) is 1. The van der Waals surface area contributed by atoms with Crippen LogP contribution in [0.1, 0.15) is 31.9 Å². The Kier molecular flexibility index (Phi) is 6.19. The average molecular weight is 334 g/mol. The van der Waals surface area contributed by atoms with Crippen LogP contribution in [-0.2, 0) is 19.4 Å². The highest BCUT2D eigenvalue weighted by Crippen LogP contribution is 2.27. The number of alkyl halides is 1. The third-order valence-electron chi connectivity index (χ3n) is 3.15. The molecular weight excluding hydrogens is 314 g/mol. The lowest BCUT2D eigenvalue weighted by atomic mass is 10.1. The lowest BCUT2D eigenvalue weighted by Gasteiger charge is -2.21. The number of sulfone groups is 1. The molecule has 0 fully saturated rings. The normalized spacial score (nSPS) is 16.0. The maximum atomic E-state index is 12.2. The van der Waals surface area contributed by atoms with Crippen molar-refractivity contribution in [1.29, 1.82) is 0 Å². The van der Waals surface area contributed by atoms with Crippen molar-refractivity contribution >= 4 is 27.4 Å². The van der Waals surface area contributed by atoms with E-state index in [1.165, 1.54) is 0 Å². The van der Waals surface area contributed by atoms with E-state index in [-0.39, 0.29) is 18.8 Å². The Hall–Kier alpha value is -1.11. The molecule has 0 aromatic heterocycles. The van der Waals surface area contributed by atoms with E-state index in [0.29, 0.717) is 0 Å². The largest absolute Gasteiger partial charge is 0.464 e. The molecule has 0 radical (unpaired) electrons. The maximum absolute atomic E-state index is 12.2. The van der Waals surface area contributed by atoms with Gasteiger partial charge < -0.3 is 10.5 Å². The molecule has 0 aliphatic rings. The molecule has 0 spiro atoms. The van der Waals surface area contributed by atoms with Crippen LogP contribution in [0, 0.1) is 0 Å². The Morgan fingerprint density at radius 3 is 2.48 bits per heavy atom. The molecule has 2 atom stereocenters. The number of hydrogen-bond donors (Lipinski definition) is 1. The fourth-order valence-corrected chi connectivity index (χ4v) is 3.27. The van der Waals surface area contributed by atoms with Crippen LogP contribution in [0.15, 0.2) is 30.3 Å². The topological polar surface area (TPSA) is 86.5 Å². The molecule has 1 aromatic rings. The molecule has 7 heteroatoms. The van der Waals surface area contributed by atoms with Crippen molar-refractivity contribution in [1.82, 2.24) is 0 Å². The number of benzene rings is 1. The first-order valence-electron chi connectivity index (χ1n) is 6.61. The number of hydrogen-bond acceptors (Lipinski definition) is 5. The summed E-state index contributed by atoms with van der Waals surface area (Å²) < 4.78 is 27.1.